The third kappa shape index (κ3) is 3.89. The molecule has 2 bridgehead atoms. The van der Waals surface area contributed by atoms with Crippen LogP contribution in [-0.4, -0.2) is 38.8 Å². The fourth-order valence-electron chi connectivity index (χ4n) is 6.53. The van der Waals surface area contributed by atoms with Crippen molar-refractivity contribution in [2.24, 2.45) is 0 Å². The SMILES string of the molecule is CC(C)(C)[Si](OCC[C@H]1CC[C@@H]2O[C@H]3CCC[C@@]2(C3)O1)(c1ccccc1)c1ccccc1. The van der Waals surface area contributed by atoms with E-state index >= 15 is 0 Å². The molecule has 4 heteroatoms. The van der Waals surface area contributed by atoms with Crippen LogP contribution < -0.4 is 10.4 Å². The quantitative estimate of drug-likeness (QED) is 0.565. The van der Waals surface area contributed by atoms with E-state index in [1.807, 2.05) is 0 Å². The van der Waals surface area contributed by atoms with Crippen LogP contribution in [0.5, 0.6) is 0 Å². The van der Waals surface area contributed by atoms with Gasteiger partial charge in [-0.2, -0.15) is 0 Å². The summed E-state index contributed by atoms with van der Waals surface area (Å²) in [7, 11) is -2.47. The lowest BCUT2D eigenvalue weighted by atomic mass is 9.78. The number of ether oxygens (including phenoxy) is 2. The van der Waals surface area contributed by atoms with Gasteiger partial charge in [0.05, 0.1) is 23.9 Å². The van der Waals surface area contributed by atoms with E-state index in [0.29, 0.717) is 12.2 Å². The third-order valence-corrected chi connectivity index (χ3v) is 13.0. The highest BCUT2D eigenvalue weighted by molar-refractivity contribution is 6.99. The molecule has 1 spiro atoms. The Morgan fingerprint density at radius 1 is 0.938 bits per heavy atom. The van der Waals surface area contributed by atoms with Crippen LogP contribution in [0.25, 0.3) is 0 Å². The van der Waals surface area contributed by atoms with Crippen molar-refractivity contribution in [2.75, 3.05) is 6.61 Å². The first kappa shape index (κ1) is 22.3. The first-order chi connectivity index (χ1) is 15.4. The highest BCUT2D eigenvalue weighted by Gasteiger charge is 2.55. The molecule has 2 aromatic carbocycles. The monoisotopic (exact) mass is 450 g/mol. The van der Waals surface area contributed by atoms with Crippen LogP contribution in [0.15, 0.2) is 60.7 Å². The molecular weight excluding hydrogens is 412 g/mol. The summed E-state index contributed by atoms with van der Waals surface area (Å²) < 4.78 is 20.2. The first-order valence-electron chi connectivity index (χ1n) is 12.5. The predicted molar refractivity (Wildman–Crippen MR) is 132 cm³/mol. The smallest absolute Gasteiger partial charge is 0.261 e. The standard InChI is InChI=1S/C28H38O3Si/c1-27(2,3)32(24-12-6-4-7-13-24,25-14-8-5-9-15-25)29-20-18-22-16-17-26-28(31-22)19-10-11-23(21-28)30-26/h4-9,12-15,22-23,26H,10-11,16-21H2,1-3H3/t22-,23+,26+,28+/m1/s1. The maximum atomic E-state index is 7.11. The maximum Gasteiger partial charge on any atom is 0.261 e. The summed E-state index contributed by atoms with van der Waals surface area (Å²) in [5.74, 6) is 0. The Morgan fingerprint density at radius 3 is 2.22 bits per heavy atom. The number of hydrogen-bond acceptors (Lipinski definition) is 3. The molecule has 32 heavy (non-hydrogen) atoms. The van der Waals surface area contributed by atoms with Crippen LogP contribution in [-0.2, 0) is 13.9 Å². The second-order valence-electron chi connectivity index (χ2n) is 11.0. The minimum absolute atomic E-state index is 0.0107. The second-order valence-corrected chi connectivity index (χ2v) is 15.3. The lowest BCUT2D eigenvalue weighted by Crippen LogP contribution is -2.66. The van der Waals surface area contributed by atoms with Crippen molar-refractivity contribution in [3.05, 3.63) is 60.7 Å². The molecule has 4 atom stereocenters. The van der Waals surface area contributed by atoms with Gasteiger partial charge in [0.25, 0.3) is 8.32 Å². The van der Waals surface area contributed by atoms with Crippen LogP contribution in [0.1, 0.15) is 65.7 Å². The molecule has 0 unspecified atom stereocenters. The largest absolute Gasteiger partial charge is 0.407 e. The highest BCUT2D eigenvalue weighted by Crippen LogP contribution is 2.49. The van der Waals surface area contributed by atoms with Gasteiger partial charge in [0.15, 0.2) is 0 Å². The van der Waals surface area contributed by atoms with Crippen LogP contribution in [0, 0.1) is 0 Å². The van der Waals surface area contributed by atoms with Gasteiger partial charge in [0.2, 0.25) is 0 Å². The average molecular weight is 451 g/mol. The molecule has 0 amide bonds. The molecule has 2 saturated heterocycles. The topological polar surface area (TPSA) is 27.7 Å². The molecule has 0 aromatic heterocycles. The van der Waals surface area contributed by atoms with Gasteiger partial charge >= 0.3 is 0 Å². The Labute approximate surface area is 194 Å². The molecule has 0 radical (unpaired) electrons. The van der Waals surface area contributed by atoms with Gasteiger partial charge in [0.1, 0.15) is 0 Å². The van der Waals surface area contributed by atoms with E-state index in [1.165, 1.54) is 29.6 Å². The van der Waals surface area contributed by atoms with Crippen molar-refractivity contribution >= 4 is 18.7 Å². The minimum atomic E-state index is -2.47. The summed E-state index contributed by atoms with van der Waals surface area (Å²) in [4.78, 5) is 0. The van der Waals surface area contributed by atoms with Crippen molar-refractivity contribution < 1.29 is 13.9 Å². The summed E-state index contributed by atoms with van der Waals surface area (Å²) >= 11 is 0. The molecular formula is C28H38O3Si. The Kier molecular flexibility index (Phi) is 6.08. The molecule has 3 fully saturated rings. The summed E-state index contributed by atoms with van der Waals surface area (Å²) in [6.07, 6.45) is 8.95. The fraction of sp³-hybridized carbons (Fsp3) is 0.571. The van der Waals surface area contributed by atoms with Gasteiger partial charge in [-0.15, -0.1) is 0 Å². The molecule has 0 N–H and O–H groups in total. The molecule has 3 nitrogen and oxygen atoms in total. The van der Waals surface area contributed by atoms with Crippen LogP contribution in [0.4, 0.5) is 0 Å². The normalized spacial score (nSPS) is 30.2. The minimum Gasteiger partial charge on any atom is -0.407 e. The van der Waals surface area contributed by atoms with E-state index in [2.05, 4.69) is 81.4 Å². The van der Waals surface area contributed by atoms with Crippen molar-refractivity contribution in [1.29, 1.82) is 0 Å². The third-order valence-electron chi connectivity index (χ3n) is 7.97. The zero-order valence-electron chi connectivity index (χ0n) is 19.9. The molecule has 1 saturated carbocycles. The Hall–Kier alpha value is -1.46. The van der Waals surface area contributed by atoms with Crippen molar-refractivity contribution in [2.45, 2.75) is 94.7 Å². The first-order valence-corrected chi connectivity index (χ1v) is 14.4. The highest BCUT2D eigenvalue weighted by atomic mass is 28.4. The van der Waals surface area contributed by atoms with Gasteiger partial charge in [-0.1, -0.05) is 81.4 Å². The number of benzene rings is 2. The molecule has 1 aliphatic carbocycles. The van der Waals surface area contributed by atoms with E-state index in [4.69, 9.17) is 13.9 Å². The molecule has 2 aromatic rings. The van der Waals surface area contributed by atoms with Gasteiger partial charge in [0, 0.05) is 13.0 Å². The molecule has 5 rings (SSSR count). The van der Waals surface area contributed by atoms with Gasteiger partial charge in [-0.3, -0.25) is 0 Å². The zero-order valence-corrected chi connectivity index (χ0v) is 20.9. The lowest BCUT2D eigenvalue weighted by molar-refractivity contribution is -0.168. The number of fused-ring (bicyclic) bond motifs is 1. The second kappa shape index (κ2) is 8.71. The summed E-state index contributed by atoms with van der Waals surface area (Å²) in [5, 5.41) is 2.71. The van der Waals surface area contributed by atoms with Gasteiger partial charge < -0.3 is 13.9 Å². The number of hydrogen-bond donors (Lipinski definition) is 0. The summed E-state index contributed by atoms with van der Waals surface area (Å²) in [6.45, 7) is 7.77. The molecule has 172 valence electrons. The van der Waals surface area contributed by atoms with E-state index < -0.39 is 8.32 Å². The van der Waals surface area contributed by atoms with E-state index in [0.717, 1.165) is 32.3 Å². The average Bonchev–Trinajstić information content (AvgIpc) is 3.05. The van der Waals surface area contributed by atoms with E-state index in [-0.39, 0.29) is 16.7 Å². The Morgan fingerprint density at radius 2 is 1.59 bits per heavy atom. The zero-order chi connectivity index (χ0) is 22.2. The summed E-state index contributed by atoms with van der Waals surface area (Å²) in [6, 6.07) is 21.9. The van der Waals surface area contributed by atoms with Gasteiger partial charge in [-0.25, -0.2) is 0 Å². The van der Waals surface area contributed by atoms with Crippen LogP contribution in [0.3, 0.4) is 0 Å². The van der Waals surface area contributed by atoms with E-state index in [1.54, 1.807) is 0 Å². The van der Waals surface area contributed by atoms with Crippen molar-refractivity contribution in [3.63, 3.8) is 0 Å². The van der Waals surface area contributed by atoms with Crippen LogP contribution >= 0.6 is 0 Å². The number of rotatable bonds is 6. The summed E-state index contributed by atoms with van der Waals surface area (Å²) in [5.41, 5.74) is -0.0107. The van der Waals surface area contributed by atoms with Crippen molar-refractivity contribution in [1.82, 2.24) is 0 Å². The molecule has 2 aliphatic heterocycles. The lowest BCUT2D eigenvalue weighted by Gasteiger charge is -2.45. The maximum absolute atomic E-state index is 7.11. The predicted octanol–water partition coefficient (Wildman–Crippen LogP) is 5.21. The Balaban J connectivity index is 1.36. The van der Waals surface area contributed by atoms with E-state index in [9.17, 15) is 0 Å². The van der Waals surface area contributed by atoms with Gasteiger partial charge in [-0.05, 0) is 53.9 Å². The molecule has 3 aliphatic rings. The molecule has 2 heterocycles. The van der Waals surface area contributed by atoms with Crippen molar-refractivity contribution in [3.8, 4) is 0 Å². The van der Waals surface area contributed by atoms with Crippen LogP contribution in [0.2, 0.25) is 5.04 Å². The fourth-order valence-corrected chi connectivity index (χ4v) is 11.1. The Bertz CT molecular complexity index is 854.